The fourth-order valence-electron chi connectivity index (χ4n) is 6.05. The van der Waals surface area contributed by atoms with Crippen LogP contribution in [0, 0.1) is 5.41 Å². The lowest BCUT2D eigenvalue weighted by Crippen LogP contribution is -2.51. The highest BCUT2D eigenvalue weighted by Gasteiger charge is 2.30. The normalized spacial score (nSPS) is 18.1. The summed E-state index contributed by atoms with van der Waals surface area (Å²) < 4.78 is 5.57. The Morgan fingerprint density at radius 3 is 2.52 bits per heavy atom. The van der Waals surface area contributed by atoms with Gasteiger partial charge < -0.3 is 25.7 Å². The maximum Gasteiger partial charge on any atom is 0.410 e. The quantitative estimate of drug-likeness (QED) is 0.136. The molecule has 2 aliphatic rings. The number of para-hydroxylation sites is 1. The Morgan fingerprint density at radius 1 is 1.15 bits per heavy atom. The van der Waals surface area contributed by atoms with Crippen LogP contribution >= 0.6 is 0 Å². The third-order valence-electron chi connectivity index (χ3n) is 8.36. The third-order valence-corrected chi connectivity index (χ3v) is 8.36. The van der Waals surface area contributed by atoms with Crippen LogP contribution < -0.4 is 10.6 Å². The molecule has 0 aliphatic carbocycles. The Balaban J connectivity index is 1.62. The van der Waals surface area contributed by atoms with E-state index in [0.717, 1.165) is 52.8 Å². The first kappa shape index (κ1) is 36.1. The smallest absolute Gasteiger partial charge is 0.410 e. The summed E-state index contributed by atoms with van der Waals surface area (Å²) in [6.07, 6.45) is 7.64. The van der Waals surface area contributed by atoms with Crippen molar-refractivity contribution in [1.82, 2.24) is 10.2 Å². The summed E-state index contributed by atoms with van der Waals surface area (Å²) >= 11 is 0. The van der Waals surface area contributed by atoms with Crippen molar-refractivity contribution in [2.24, 2.45) is 4.99 Å². The molecule has 48 heavy (non-hydrogen) atoms. The topological polar surface area (TPSA) is 124 Å². The number of piperidine rings is 1. The van der Waals surface area contributed by atoms with E-state index in [4.69, 9.17) is 10.1 Å². The van der Waals surface area contributed by atoms with Crippen molar-refractivity contribution >= 4 is 47.3 Å². The molecule has 9 nitrogen and oxygen atoms in total. The average Bonchev–Trinajstić information content (AvgIpc) is 3.34. The molecule has 0 radical (unpaired) electrons. The summed E-state index contributed by atoms with van der Waals surface area (Å²) in [7, 11) is 0. The van der Waals surface area contributed by atoms with Crippen molar-refractivity contribution < 1.29 is 19.1 Å². The van der Waals surface area contributed by atoms with E-state index in [1.807, 2.05) is 96.1 Å². The zero-order valence-corrected chi connectivity index (χ0v) is 29.3. The lowest BCUT2D eigenvalue weighted by Gasteiger charge is -2.34. The van der Waals surface area contributed by atoms with Gasteiger partial charge in [0, 0.05) is 54.0 Å². The van der Waals surface area contributed by atoms with Crippen LogP contribution in [-0.2, 0) is 14.3 Å². The van der Waals surface area contributed by atoms with Crippen LogP contribution in [-0.4, -0.2) is 60.0 Å². The van der Waals surface area contributed by atoms with Crippen molar-refractivity contribution in [2.45, 2.75) is 91.7 Å². The Bertz CT molecular complexity index is 1660. The van der Waals surface area contributed by atoms with E-state index in [0.29, 0.717) is 36.3 Å². The molecule has 2 heterocycles. The number of carbonyl (C=O) groups excluding carboxylic acids is 3. The molecule has 1 saturated heterocycles. The van der Waals surface area contributed by atoms with E-state index in [1.54, 1.807) is 11.1 Å². The molecular formula is C39H49N5O4. The van der Waals surface area contributed by atoms with Gasteiger partial charge >= 0.3 is 6.09 Å². The summed E-state index contributed by atoms with van der Waals surface area (Å²) in [5.41, 5.74) is 6.20. The molecule has 2 aromatic carbocycles. The van der Waals surface area contributed by atoms with Gasteiger partial charge in [-0.1, -0.05) is 43.2 Å². The lowest BCUT2D eigenvalue weighted by molar-refractivity contribution is -0.118. The van der Waals surface area contributed by atoms with E-state index in [9.17, 15) is 14.4 Å². The third kappa shape index (κ3) is 9.18. The van der Waals surface area contributed by atoms with Crippen LogP contribution in [0.5, 0.6) is 0 Å². The van der Waals surface area contributed by atoms with Crippen molar-refractivity contribution in [1.29, 1.82) is 5.41 Å². The highest BCUT2D eigenvalue weighted by atomic mass is 16.6. The number of hydrogen-bond acceptors (Lipinski definition) is 6. The van der Waals surface area contributed by atoms with Gasteiger partial charge in [-0.05, 0) is 108 Å². The highest BCUT2D eigenvalue weighted by molar-refractivity contribution is 6.32. The van der Waals surface area contributed by atoms with Crippen LogP contribution in [0.2, 0.25) is 0 Å². The molecule has 0 aromatic heterocycles. The highest BCUT2D eigenvalue weighted by Crippen LogP contribution is 2.36. The van der Waals surface area contributed by atoms with Gasteiger partial charge in [-0.3, -0.25) is 14.6 Å². The Kier molecular flexibility index (Phi) is 11.9. The van der Waals surface area contributed by atoms with Gasteiger partial charge in [-0.2, -0.15) is 0 Å². The van der Waals surface area contributed by atoms with E-state index in [1.165, 1.54) is 6.21 Å². The van der Waals surface area contributed by atoms with Crippen LogP contribution in [0.15, 0.2) is 81.9 Å². The molecule has 2 aromatic rings. The molecule has 254 valence electrons. The molecule has 0 saturated carbocycles. The SMILES string of the molecule is CCCC(/C=C1\C(=O)Nc2ccc(C(C=N)C=Nc3ccccc3)cc21)=C(C)C(C(=O)NC1CCCN(C(=O)OC(C)(C)C)C1)=C(C)C. The molecule has 0 bridgehead atoms. The van der Waals surface area contributed by atoms with Gasteiger partial charge in [-0.25, -0.2) is 4.79 Å². The fraction of sp³-hybridized carbons (Fsp3) is 0.410. The zero-order chi connectivity index (χ0) is 35.0. The molecule has 1 fully saturated rings. The van der Waals surface area contributed by atoms with Gasteiger partial charge in [0.25, 0.3) is 11.8 Å². The first-order valence-corrected chi connectivity index (χ1v) is 16.7. The first-order valence-electron chi connectivity index (χ1n) is 16.7. The van der Waals surface area contributed by atoms with E-state index < -0.39 is 5.60 Å². The molecule has 0 spiro atoms. The van der Waals surface area contributed by atoms with E-state index in [-0.39, 0.29) is 29.9 Å². The van der Waals surface area contributed by atoms with Crippen molar-refractivity contribution in [3.05, 3.63) is 88.0 Å². The molecule has 2 aliphatic heterocycles. The first-order chi connectivity index (χ1) is 22.8. The number of aliphatic imine (C=N–C) groups is 1. The minimum atomic E-state index is -0.592. The fourth-order valence-corrected chi connectivity index (χ4v) is 6.05. The molecule has 4 rings (SSSR count). The minimum Gasteiger partial charge on any atom is -0.444 e. The summed E-state index contributed by atoms with van der Waals surface area (Å²) in [5.74, 6) is -0.770. The Labute approximate surface area is 284 Å². The number of rotatable bonds is 10. The number of amides is 3. The minimum absolute atomic E-state index is 0.194. The number of fused-ring (bicyclic) bond motifs is 1. The van der Waals surface area contributed by atoms with Crippen molar-refractivity contribution in [2.75, 3.05) is 18.4 Å². The van der Waals surface area contributed by atoms with Gasteiger partial charge in [-0.15, -0.1) is 0 Å². The molecule has 3 N–H and O–H groups in total. The number of hydrogen-bond donors (Lipinski definition) is 3. The number of benzene rings is 2. The number of likely N-dealkylation sites (tertiary alicyclic amines) is 1. The second-order valence-electron chi connectivity index (χ2n) is 13.6. The molecule has 2 atom stereocenters. The van der Waals surface area contributed by atoms with Crippen LogP contribution in [0.4, 0.5) is 16.2 Å². The molecular weight excluding hydrogens is 602 g/mol. The number of anilines is 1. The average molecular weight is 652 g/mol. The summed E-state index contributed by atoms with van der Waals surface area (Å²) in [4.78, 5) is 46.1. The maximum absolute atomic E-state index is 13.9. The predicted octanol–water partition coefficient (Wildman–Crippen LogP) is 8.13. The van der Waals surface area contributed by atoms with Crippen LogP contribution in [0.3, 0.4) is 0 Å². The lowest BCUT2D eigenvalue weighted by atomic mass is 9.91. The summed E-state index contributed by atoms with van der Waals surface area (Å²) in [6.45, 7) is 14.4. The van der Waals surface area contributed by atoms with Crippen molar-refractivity contribution in [3.8, 4) is 0 Å². The molecule has 9 heteroatoms. The van der Waals surface area contributed by atoms with Gasteiger partial charge in [0.2, 0.25) is 0 Å². The van der Waals surface area contributed by atoms with Crippen LogP contribution in [0.25, 0.3) is 5.57 Å². The van der Waals surface area contributed by atoms with E-state index in [2.05, 4.69) is 22.5 Å². The standard InChI is InChI=1S/C39H49N5O4/c1-8-13-27(26(4)35(25(2)3)37(46)42-31-16-12-19-44(24-31)38(47)48-39(5,6)7)20-33-32-21-28(17-18-34(32)43-36(33)45)29(22-40)23-41-30-14-10-9-11-15-30/h9-11,14-15,17-18,20-23,29,31,40H,8,12-13,16,19,24H2,1-7H3,(H,42,46)(H,43,45)/b27-26?,33-20-,40-22?,41-23?. The largest absolute Gasteiger partial charge is 0.444 e. The second kappa shape index (κ2) is 15.9. The monoisotopic (exact) mass is 651 g/mol. The van der Waals surface area contributed by atoms with Crippen molar-refractivity contribution in [3.63, 3.8) is 0 Å². The predicted molar refractivity (Wildman–Crippen MR) is 194 cm³/mol. The number of allylic oxidation sites excluding steroid dienone is 3. The molecule has 2 unspecified atom stereocenters. The number of ether oxygens (including phenoxy) is 1. The Morgan fingerprint density at radius 2 is 1.88 bits per heavy atom. The number of nitrogens with zero attached hydrogens (tertiary/aromatic N) is 2. The maximum atomic E-state index is 13.9. The van der Waals surface area contributed by atoms with Crippen LogP contribution in [0.1, 0.15) is 91.2 Å². The van der Waals surface area contributed by atoms with Gasteiger partial charge in [0.1, 0.15) is 5.60 Å². The Hall–Kier alpha value is -4.79. The molecule has 3 amide bonds. The summed E-state index contributed by atoms with van der Waals surface area (Å²) in [5, 5.41) is 14.2. The number of carbonyl (C=O) groups is 3. The van der Waals surface area contributed by atoms with E-state index >= 15 is 0 Å². The summed E-state index contributed by atoms with van der Waals surface area (Å²) in [6, 6.07) is 15.1. The van der Waals surface area contributed by atoms with Gasteiger partial charge in [0.15, 0.2) is 0 Å². The number of nitrogens with one attached hydrogen (secondary N) is 3. The zero-order valence-electron chi connectivity index (χ0n) is 29.3. The second-order valence-corrected chi connectivity index (χ2v) is 13.6. The van der Waals surface area contributed by atoms with Gasteiger partial charge in [0.05, 0.1) is 11.6 Å².